The highest BCUT2D eigenvalue weighted by molar-refractivity contribution is 6.35. The number of hydrogen-bond acceptors (Lipinski definition) is 5. The lowest BCUT2D eigenvalue weighted by atomic mass is 10.2. The molecule has 2 amide bonds. The van der Waals surface area contributed by atoms with E-state index >= 15 is 0 Å². The van der Waals surface area contributed by atoms with Gasteiger partial charge in [0, 0.05) is 6.54 Å². The summed E-state index contributed by atoms with van der Waals surface area (Å²) < 4.78 is 4.98. The summed E-state index contributed by atoms with van der Waals surface area (Å²) in [6, 6.07) is 4.53. The highest BCUT2D eigenvalue weighted by Gasteiger charge is 2.11. The Morgan fingerprint density at radius 1 is 1.33 bits per heavy atom. The second-order valence-corrected chi connectivity index (χ2v) is 5.09. The third kappa shape index (κ3) is 7.10. The molecule has 9 heteroatoms. The number of aliphatic carboxylic acids is 1. The summed E-state index contributed by atoms with van der Waals surface area (Å²) >= 11 is 5.94. The third-order valence-electron chi connectivity index (χ3n) is 2.71. The fraction of sp³-hybridized carbons (Fsp3) is 0.333. The van der Waals surface area contributed by atoms with Gasteiger partial charge in [0.25, 0.3) is 0 Å². The molecule has 0 aliphatic heterocycles. The number of hydrogen-bond donors (Lipinski definition) is 3. The van der Waals surface area contributed by atoms with Gasteiger partial charge in [-0.2, -0.15) is 5.10 Å². The number of carbonyl (C=O) groups is 3. The van der Waals surface area contributed by atoms with Gasteiger partial charge < -0.3 is 15.2 Å². The predicted molar refractivity (Wildman–Crippen MR) is 88.2 cm³/mol. The number of ether oxygens (including phenoxy) is 1. The average molecular weight is 356 g/mol. The van der Waals surface area contributed by atoms with Crippen LogP contribution in [0.1, 0.15) is 25.3 Å². The molecule has 0 atom stereocenters. The minimum atomic E-state index is -1.11. The zero-order chi connectivity index (χ0) is 17.9. The molecule has 0 saturated heterocycles. The molecule has 0 radical (unpaired) electrons. The molecule has 0 unspecified atom stereocenters. The van der Waals surface area contributed by atoms with Crippen LogP contribution in [0.4, 0.5) is 0 Å². The summed E-state index contributed by atoms with van der Waals surface area (Å²) in [6.07, 6.45) is 2.99. The van der Waals surface area contributed by atoms with E-state index < -0.39 is 24.4 Å². The second-order valence-electron chi connectivity index (χ2n) is 4.68. The third-order valence-corrected chi connectivity index (χ3v) is 3.00. The van der Waals surface area contributed by atoms with E-state index in [9.17, 15) is 14.4 Å². The van der Waals surface area contributed by atoms with Crippen molar-refractivity contribution in [3.8, 4) is 5.75 Å². The summed E-state index contributed by atoms with van der Waals surface area (Å²) in [5.74, 6) is -2.52. The van der Waals surface area contributed by atoms with Crippen LogP contribution < -0.4 is 15.5 Å². The maximum atomic E-state index is 11.5. The van der Waals surface area contributed by atoms with Gasteiger partial charge in [-0.25, -0.2) is 10.2 Å². The van der Waals surface area contributed by atoms with E-state index in [0.29, 0.717) is 12.1 Å². The molecule has 24 heavy (non-hydrogen) atoms. The van der Waals surface area contributed by atoms with E-state index in [2.05, 4.69) is 15.8 Å². The lowest BCUT2D eigenvalue weighted by Crippen LogP contribution is -2.38. The predicted octanol–water partition coefficient (Wildman–Crippen LogP) is 1.17. The lowest BCUT2D eigenvalue weighted by Gasteiger charge is -2.06. The summed E-state index contributed by atoms with van der Waals surface area (Å²) in [5, 5.41) is 14.9. The number of nitrogens with one attached hydrogen (secondary N) is 2. The average Bonchev–Trinajstić information content (AvgIpc) is 2.53. The first-order valence-corrected chi connectivity index (χ1v) is 7.57. The number of amides is 2. The maximum absolute atomic E-state index is 11.5. The number of hydrazone groups is 1. The first-order valence-electron chi connectivity index (χ1n) is 7.19. The van der Waals surface area contributed by atoms with E-state index in [4.69, 9.17) is 21.4 Å². The number of carboxylic acid groups (broad SMARTS) is 1. The van der Waals surface area contributed by atoms with Crippen molar-refractivity contribution in [2.24, 2.45) is 5.10 Å². The van der Waals surface area contributed by atoms with Crippen LogP contribution in [0.3, 0.4) is 0 Å². The number of carboxylic acids is 1. The standard InChI is InChI=1S/C15H18ClN3O5/c1-2-3-6-17-14(22)15(23)19-18-8-10-4-5-12(11(16)7-10)24-9-13(20)21/h4-5,7-8H,2-3,6,9H2,1H3,(H,17,22)(H,19,23)(H,20,21)/b18-8-. The first-order chi connectivity index (χ1) is 11.4. The van der Waals surface area contributed by atoms with Gasteiger partial charge in [0.15, 0.2) is 6.61 Å². The van der Waals surface area contributed by atoms with E-state index in [-0.39, 0.29) is 10.8 Å². The SMILES string of the molecule is CCCCNC(=O)C(=O)N/N=C\c1ccc(OCC(=O)O)c(Cl)c1. The monoisotopic (exact) mass is 355 g/mol. The number of benzene rings is 1. The Bertz CT molecular complexity index is 634. The normalized spacial score (nSPS) is 10.4. The highest BCUT2D eigenvalue weighted by Crippen LogP contribution is 2.24. The van der Waals surface area contributed by atoms with E-state index in [1.165, 1.54) is 18.3 Å². The topological polar surface area (TPSA) is 117 Å². The summed E-state index contributed by atoms with van der Waals surface area (Å²) in [7, 11) is 0. The zero-order valence-corrected chi connectivity index (χ0v) is 13.8. The molecule has 0 aromatic heterocycles. The number of rotatable bonds is 8. The molecule has 8 nitrogen and oxygen atoms in total. The molecule has 1 rings (SSSR count). The molecule has 1 aromatic carbocycles. The van der Waals surface area contributed by atoms with Crippen molar-refractivity contribution in [1.82, 2.24) is 10.7 Å². The van der Waals surface area contributed by atoms with Crippen molar-refractivity contribution >= 4 is 35.6 Å². The summed E-state index contributed by atoms with van der Waals surface area (Å²) in [4.78, 5) is 33.3. The van der Waals surface area contributed by atoms with Gasteiger partial charge in [0.2, 0.25) is 0 Å². The van der Waals surface area contributed by atoms with Crippen LogP contribution >= 0.6 is 11.6 Å². The molecular weight excluding hydrogens is 338 g/mol. The van der Waals surface area contributed by atoms with Crippen LogP contribution in [0, 0.1) is 0 Å². The molecule has 0 bridgehead atoms. The Morgan fingerprint density at radius 3 is 2.71 bits per heavy atom. The van der Waals surface area contributed by atoms with Gasteiger partial charge in [0.1, 0.15) is 5.75 Å². The van der Waals surface area contributed by atoms with Crippen LogP contribution in [0.2, 0.25) is 5.02 Å². The van der Waals surface area contributed by atoms with Gasteiger partial charge in [-0.05, 0) is 30.2 Å². The summed E-state index contributed by atoms with van der Waals surface area (Å²) in [6.45, 7) is 1.90. The van der Waals surface area contributed by atoms with Crippen molar-refractivity contribution < 1.29 is 24.2 Å². The molecule has 1 aromatic rings. The zero-order valence-electron chi connectivity index (χ0n) is 13.0. The molecule has 0 saturated carbocycles. The highest BCUT2D eigenvalue weighted by atomic mass is 35.5. The Balaban J connectivity index is 2.52. The number of halogens is 1. The Morgan fingerprint density at radius 2 is 2.08 bits per heavy atom. The Hall–Kier alpha value is -2.61. The van der Waals surface area contributed by atoms with Gasteiger partial charge in [-0.1, -0.05) is 24.9 Å². The Kier molecular flexibility index (Phi) is 8.28. The molecule has 0 spiro atoms. The number of nitrogens with zero attached hydrogens (tertiary/aromatic N) is 1. The number of carbonyl (C=O) groups excluding carboxylic acids is 2. The molecular formula is C15H18ClN3O5. The van der Waals surface area contributed by atoms with Crippen LogP contribution in [0.25, 0.3) is 0 Å². The van der Waals surface area contributed by atoms with Crippen LogP contribution in [-0.2, 0) is 14.4 Å². The van der Waals surface area contributed by atoms with Crippen LogP contribution in [0.15, 0.2) is 23.3 Å². The van der Waals surface area contributed by atoms with Gasteiger partial charge in [-0.15, -0.1) is 0 Å². The van der Waals surface area contributed by atoms with E-state index in [0.717, 1.165) is 12.8 Å². The van der Waals surface area contributed by atoms with Crippen LogP contribution in [-0.4, -0.2) is 42.3 Å². The van der Waals surface area contributed by atoms with Gasteiger partial charge >= 0.3 is 17.8 Å². The quantitative estimate of drug-likeness (QED) is 0.280. The van der Waals surface area contributed by atoms with Gasteiger partial charge in [0.05, 0.1) is 11.2 Å². The number of unbranched alkanes of at least 4 members (excludes halogenated alkanes) is 1. The van der Waals surface area contributed by atoms with Crippen molar-refractivity contribution in [2.45, 2.75) is 19.8 Å². The Labute approximate surface area is 143 Å². The molecule has 0 heterocycles. The smallest absolute Gasteiger partial charge is 0.341 e. The molecule has 0 aliphatic rings. The first kappa shape index (κ1) is 19.4. The molecule has 0 aliphatic carbocycles. The fourth-order valence-electron chi connectivity index (χ4n) is 1.53. The largest absolute Gasteiger partial charge is 0.480 e. The summed E-state index contributed by atoms with van der Waals surface area (Å²) in [5.41, 5.74) is 2.63. The van der Waals surface area contributed by atoms with E-state index in [1.807, 2.05) is 6.92 Å². The van der Waals surface area contributed by atoms with Crippen molar-refractivity contribution in [3.05, 3.63) is 28.8 Å². The van der Waals surface area contributed by atoms with Crippen molar-refractivity contribution in [1.29, 1.82) is 0 Å². The minimum absolute atomic E-state index is 0.198. The minimum Gasteiger partial charge on any atom is -0.480 e. The van der Waals surface area contributed by atoms with Crippen LogP contribution in [0.5, 0.6) is 5.75 Å². The second kappa shape index (κ2) is 10.2. The maximum Gasteiger partial charge on any atom is 0.341 e. The molecule has 3 N–H and O–H groups in total. The van der Waals surface area contributed by atoms with Crippen molar-refractivity contribution in [2.75, 3.05) is 13.2 Å². The lowest BCUT2D eigenvalue weighted by molar-refractivity contribution is -0.139. The van der Waals surface area contributed by atoms with Crippen molar-refractivity contribution in [3.63, 3.8) is 0 Å². The van der Waals surface area contributed by atoms with Gasteiger partial charge in [-0.3, -0.25) is 9.59 Å². The molecule has 130 valence electrons. The fourth-order valence-corrected chi connectivity index (χ4v) is 1.77. The van der Waals surface area contributed by atoms with E-state index in [1.54, 1.807) is 6.07 Å². The molecule has 0 fully saturated rings.